The average molecular weight is 486 g/mol. The number of rotatable bonds is 5. The molecule has 0 saturated heterocycles. The third-order valence-corrected chi connectivity index (χ3v) is 5.67. The van der Waals surface area contributed by atoms with E-state index in [4.69, 9.17) is 34.8 Å². The van der Waals surface area contributed by atoms with E-state index < -0.39 is 11.9 Å². The molecule has 0 atom stereocenters. The van der Waals surface area contributed by atoms with E-state index in [9.17, 15) is 9.59 Å². The van der Waals surface area contributed by atoms with Gasteiger partial charge in [-0.3, -0.25) is 14.8 Å². The van der Waals surface area contributed by atoms with Gasteiger partial charge in [0.1, 0.15) is 10.3 Å². The van der Waals surface area contributed by atoms with E-state index in [2.05, 4.69) is 20.0 Å². The third-order valence-electron chi connectivity index (χ3n) is 3.28. The molecule has 0 fully saturated rings. The van der Waals surface area contributed by atoms with Gasteiger partial charge in [-0.2, -0.15) is 0 Å². The molecule has 0 aliphatic heterocycles. The maximum absolute atomic E-state index is 12.1. The fraction of sp³-hybridized carbons (Fsp3) is 0. The quantitative estimate of drug-likeness (QED) is 0.272. The predicted octanol–water partition coefficient (Wildman–Crippen LogP) is 5.73. The number of benzene rings is 2. The van der Waals surface area contributed by atoms with Crippen molar-refractivity contribution in [1.82, 2.24) is 20.0 Å². The minimum atomic E-state index is -0.652. The Bertz CT molecular complexity index is 1030. The zero-order valence-electron chi connectivity index (χ0n) is 14.4. The summed E-state index contributed by atoms with van der Waals surface area (Å²) in [6, 6.07) is 14.5. The molecule has 0 bridgehead atoms. The maximum Gasteiger partial charge on any atom is 0.331 e. The number of hydrogen-bond acceptors (Lipinski definition) is 6. The highest BCUT2D eigenvalue weighted by atomic mass is 35.5. The summed E-state index contributed by atoms with van der Waals surface area (Å²) in [5, 5.41) is 3.45. The van der Waals surface area contributed by atoms with E-state index in [1.165, 1.54) is 23.9 Å². The molecule has 1 heterocycles. The first-order chi connectivity index (χ1) is 13.9. The van der Waals surface area contributed by atoms with Gasteiger partial charge < -0.3 is 0 Å². The lowest BCUT2D eigenvalue weighted by Gasteiger charge is -2.07. The zero-order valence-corrected chi connectivity index (χ0v) is 18.3. The van der Waals surface area contributed by atoms with Crippen molar-refractivity contribution in [3.8, 4) is 0 Å². The van der Waals surface area contributed by atoms with Crippen molar-refractivity contribution < 1.29 is 9.59 Å². The summed E-state index contributed by atoms with van der Waals surface area (Å²) in [4.78, 5) is 33.8. The number of aromatic nitrogens is 2. The molecule has 0 saturated carbocycles. The molecular weight excluding hydrogens is 475 g/mol. The molecule has 2 N–H and O–H groups in total. The lowest BCUT2D eigenvalue weighted by Crippen LogP contribution is -2.36. The van der Waals surface area contributed by atoms with Crippen LogP contribution in [-0.4, -0.2) is 21.9 Å². The number of nitrogens with one attached hydrogen (secondary N) is 2. The minimum Gasteiger partial charge on any atom is -0.277 e. The molecule has 0 aliphatic rings. The van der Waals surface area contributed by atoms with Crippen molar-refractivity contribution >= 4 is 70.5 Å². The topological polar surface area (TPSA) is 84.0 Å². The lowest BCUT2D eigenvalue weighted by atomic mass is 10.2. The number of urea groups is 1. The van der Waals surface area contributed by atoms with E-state index >= 15 is 0 Å². The number of carbonyl (C=O) groups excluding carboxylic acids is 2. The molecule has 0 radical (unpaired) electrons. The summed E-state index contributed by atoms with van der Waals surface area (Å²) in [6.07, 6.45) is 0. The van der Waals surface area contributed by atoms with Gasteiger partial charge in [0.25, 0.3) is 5.91 Å². The van der Waals surface area contributed by atoms with Crippen LogP contribution >= 0.6 is 58.5 Å². The first-order valence-electron chi connectivity index (χ1n) is 7.91. The summed E-state index contributed by atoms with van der Waals surface area (Å²) in [6.45, 7) is 0. The van der Waals surface area contributed by atoms with Gasteiger partial charge in [0.15, 0.2) is 5.16 Å². The fourth-order valence-electron chi connectivity index (χ4n) is 2.04. The van der Waals surface area contributed by atoms with E-state index in [-0.39, 0.29) is 20.9 Å². The molecule has 29 heavy (non-hydrogen) atoms. The molecule has 148 valence electrons. The number of amides is 3. The van der Waals surface area contributed by atoms with Crippen LogP contribution in [0.25, 0.3) is 0 Å². The maximum atomic E-state index is 12.1. The zero-order chi connectivity index (χ0) is 20.8. The Labute approximate surface area is 189 Å². The molecule has 0 unspecified atom stereocenters. The number of nitrogens with zero attached hydrogens (tertiary/aromatic N) is 2. The van der Waals surface area contributed by atoms with E-state index in [1.807, 2.05) is 12.1 Å². The van der Waals surface area contributed by atoms with Crippen LogP contribution < -0.4 is 10.0 Å². The Hall–Kier alpha value is -1.97. The number of carbonyl (C=O) groups is 2. The second-order valence-electron chi connectivity index (χ2n) is 5.34. The fourth-order valence-corrected chi connectivity index (χ4v) is 4.09. The van der Waals surface area contributed by atoms with Crippen molar-refractivity contribution in [2.45, 2.75) is 14.9 Å². The lowest BCUT2D eigenvalue weighted by molar-refractivity contribution is 0.0965. The average Bonchev–Trinajstić information content (AvgIpc) is 2.67. The molecule has 3 aromatic rings. The smallest absolute Gasteiger partial charge is 0.277 e. The number of hydrogen-bond donors (Lipinski definition) is 2. The molecule has 0 spiro atoms. The first-order valence-corrected chi connectivity index (χ1v) is 10.7. The van der Waals surface area contributed by atoms with Crippen LogP contribution in [0.15, 0.2) is 69.5 Å². The molecule has 3 rings (SSSR count). The summed E-state index contributed by atoms with van der Waals surface area (Å²) in [5.74, 6) is -0.583. The van der Waals surface area contributed by atoms with E-state index in [0.29, 0.717) is 5.16 Å². The summed E-state index contributed by atoms with van der Waals surface area (Å²) in [5.41, 5.74) is 0.221. The normalized spacial score (nSPS) is 10.4. The van der Waals surface area contributed by atoms with Gasteiger partial charge in [-0.25, -0.2) is 14.8 Å². The van der Waals surface area contributed by atoms with Crippen LogP contribution in [0.1, 0.15) is 10.4 Å². The predicted molar refractivity (Wildman–Crippen MR) is 116 cm³/mol. The molecule has 3 amide bonds. The minimum absolute atomic E-state index is 0.221. The Morgan fingerprint density at radius 3 is 2.14 bits per heavy atom. The molecule has 0 aliphatic carbocycles. The molecule has 1 aromatic heterocycles. The van der Waals surface area contributed by atoms with Crippen molar-refractivity contribution in [1.29, 1.82) is 0 Å². The van der Waals surface area contributed by atoms with Gasteiger partial charge in [-0.1, -0.05) is 46.9 Å². The van der Waals surface area contributed by atoms with Crippen molar-refractivity contribution in [3.05, 3.63) is 75.5 Å². The standard InChI is InChI=1S/C18H11Cl3N4O2S2/c19-13-4-2-1-3-12(13)16(26)24-17(27)25-29-11-7-5-10(6-8-11)28-18-22-14(20)9-15(21)23-18/h1-9H,(H2,24,25,26,27). The second kappa shape index (κ2) is 10.2. The van der Waals surface area contributed by atoms with Gasteiger partial charge >= 0.3 is 6.03 Å². The molecule has 11 heteroatoms. The Balaban J connectivity index is 1.52. The van der Waals surface area contributed by atoms with Crippen LogP contribution in [0.5, 0.6) is 0 Å². The highest BCUT2D eigenvalue weighted by Gasteiger charge is 2.13. The van der Waals surface area contributed by atoms with Crippen LogP contribution in [-0.2, 0) is 0 Å². The highest BCUT2D eigenvalue weighted by molar-refractivity contribution is 7.99. The van der Waals surface area contributed by atoms with Gasteiger partial charge in [-0.15, -0.1) is 0 Å². The second-order valence-corrected chi connectivity index (χ2v) is 8.44. The summed E-state index contributed by atoms with van der Waals surface area (Å²) >= 11 is 20.0. The first kappa shape index (κ1) is 21.7. The monoisotopic (exact) mass is 484 g/mol. The molecular formula is C18H11Cl3N4O2S2. The van der Waals surface area contributed by atoms with Crippen LogP contribution in [0.4, 0.5) is 4.79 Å². The number of imide groups is 1. The van der Waals surface area contributed by atoms with Crippen LogP contribution in [0.2, 0.25) is 15.3 Å². The Morgan fingerprint density at radius 1 is 0.862 bits per heavy atom. The summed E-state index contributed by atoms with van der Waals surface area (Å²) < 4.78 is 2.54. The molecule has 6 nitrogen and oxygen atoms in total. The van der Waals surface area contributed by atoms with Gasteiger partial charge in [0, 0.05) is 15.9 Å². The van der Waals surface area contributed by atoms with Gasteiger partial charge in [0.05, 0.1) is 10.6 Å². The van der Waals surface area contributed by atoms with Crippen LogP contribution in [0.3, 0.4) is 0 Å². The third kappa shape index (κ3) is 6.52. The molecule has 2 aromatic carbocycles. The highest BCUT2D eigenvalue weighted by Crippen LogP contribution is 2.28. The van der Waals surface area contributed by atoms with E-state index in [1.54, 1.807) is 30.3 Å². The van der Waals surface area contributed by atoms with Crippen molar-refractivity contribution in [3.63, 3.8) is 0 Å². The van der Waals surface area contributed by atoms with Crippen molar-refractivity contribution in [2.24, 2.45) is 0 Å². The SMILES string of the molecule is O=C(NSc1ccc(Sc2nc(Cl)cc(Cl)n2)cc1)NC(=O)c1ccccc1Cl. The Morgan fingerprint density at radius 2 is 1.48 bits per heavy atom. The van der Waals surface area contributed by atoms with Crippen LogP contribution in [0, 0.1) is 0 Å². The van der Waals surface area contributed by atoms with Gasteiger partial charge in [0.2, 0.25) is 0 Å². The van der Waals surface area contributed by atoms with Gasteiger partial charge in [-0.05, 0) is 60.1 Å². The van der Waals surface area contributed by atoms with Crippen molar-refractivity contribution in [2.75, 3.05) is 0 Å². The largest absolute Gasteiger partial charge is 0.331 e. The number of halogens is 3. The Kier molecular flexibility index (Phi) is 7.63. The summed E-state index contributed by atoms with van der Waals surface area (Å²) in [7, 11) is 0. The van der Waals surface area contributed by atoms with E-state index in [0.717, 1.165) is 21.7 Å².